The largest absolute Gasteiger partial charge is 0.213 e. The molecular weight excluding hydrogens is 242 g/mol. The quantitative estimate of drug-likeness (QED) is 0.718. The number of benzene rings is 1. The number of rotatable bonds is 2. The molecule has 2 unspecified atom stereocenters. The number of aromatic nitrogens is 1. The van der Waals surface area contributed by atoms with E-state index >= 15 is 0 Å². The Bertz CT molecular complexity index is 703. The fourth-order valence-corrected chi connectivity index (χ4v) is 4.88. The zero-order valence-corrected chi connectivity index (χ0v) is 12.6. The van der Waals surface area contributed by atoms with E-state index in [0.717, 1.165) is 0 Å². The van der Waals surface area contributed by atoms with Crippen LogP contribution in [-0.4, -0.2) is 0 Å². The molecule has 2 heterocycles. The minimum atomic E-state index is 0.316. The Balaban J connectivity index is 2.12. The molecule has 1 aromatic heterocycles. The molecule has 0 N–H and O–H groups in total. The lowest BCUT2D eigenvalue weighted by molar-refractivity contribution is -0.741. The monoisotopic (exact) mass is 264 g/mol. The van der Waals surface area contributed by atoms with Crippen LogP contribution in [0.3, 0.4) is 0 Å². The summed E-state index contributed by atoms with van der Waals surface area (Å²) in [4.78, 5) is 0. The Hall–Kier alpha value is -1.63. The third kappa shape index (κ3) is 1.14. The molecule has 0 spiro atoms. The normalized spacial score (nSPS) is 29.4. The van der Waals surface area contributed by atoms with E-state index in [2.05, 4.69) is 67.8 Å². The highest BCUT2D eigenvalue weighted by Gasteiger charge is 2.76. The summed E-state index contributed by atoms with van der Waals surface area (Å²) in [6.45, 7) is 6.97. The lowest BCUT2D eigenvalue weighted by atomic mass is 9.79. The minimum absolute atomic E-state index is 0.316. The van der Waals surface area contributed by atoms with Gasteiger partial charge in [0.05, 0.1) is 11.0 Å². The highest BCUT2D eigenvalue weighted by molar-refractivity contribution is 5.68. The Morgan fingerprint density at radius 3 is 2.55 bits per heavy atom. The molecule has 1 nitrogen and oxygen atoms in total. The Kier molecular flexibility index (Phi) is 2.26. The summed E-state index contributed by atoms with van der Waals surface area (Å²) in [7, 11) is 0. The standard InChI is InChI=1S/C19H22N/c1-4-18-13-19(18,5-2)20-14(3)9-8-12-17(20)15-10-6-7-11-16(15)18/h6-12H,4-5,13H2,1-3H3/q+1. The van der Waals surface area contributed by atoms with Gasteiger partial charge in [-0.25, -0.2) is 0 Å². The molecule has 1 heteroatoms. The van der Waals surface area contributed by atoms with Gasteiger partial charge in [0.2, 0.25) is 5.69 Å². The number of nitrogens with zero attached hydrogens (tertiary/aromatic N) is 1. The van der Waals surface area contributed by atoms with Gasteiger partial charge in [-0.15, -0.1) is 0 Å². The molecular formula is C19H22N+. The van der Waals surface area contributed by atoms with Gasteiger partial charge >= 0.3 is 0 Å². The van der Waals surface area contributed by atoms with Gasteiger partial charge in [0.1, 0.15) is 0 Å². The highest BCUT2D eigenvalue weighted by atomic mass is 15.2. The summed E-state index contributed by atoms with van der Waals surface area (Å²) in [6.07, 6.45) is 3.75. The summed E-state index contributed by atoms with van der Waals surface area (Å²) < 4.78 is 2.64. The SMILES string of the molecule is CCC12CC1(CC)[n+]1c(C)cccc1-c1ccccc12. The van der Waals surface area contributed by atoms with Crippen LogP contribution < -0.4 is 4.57 Å². The smallest absolute Gasteiger partial charge is 0.190 e. The van der Waals surface area contributed by atoms with E-state index in [-0.39, 0.29) is 0 Å². The number of aryl methyl sites for hydroxylation is 1. The molecule has 1 saturated carbocycles. The predicted molar refractivity (Wildman–Crippen MR) is 81.7 cm³/mol. The van der Waals surface area contributed by atoms with Crippen LogP contribution in [0.15, 0.2) is 42.5 Å². The molecule has 0 amide bonds. The molecule has 2 atom stereocenters. The van der Waals surface area contributed by atoms with E-state index in [9.17, 15) is 0 Å². The van der Waals surface area contributed by atoms with Gasteiger partial charge in [0, 0.05) is 31.9 Å². The summed E-state index contributed by atoms with van der Waals surface area (Å²) in [5, 5.41) is 0. The molecule has 4 rings (SSSR count). The van der Waals surface area contributed by atoms with E-state index in [0.29, 0.717) is 11.0 Å². The van der Waals surface area contributed by atoms with Crippen LogP contribution in [-0.2, 0) is 11.0 Å². The van der Waals surface area contributed by atoms with Crippen molar-refractivity contribution in [3.8, 4) is 11.3 Å². The average Bonchev–Trinajstić information content (AvgIpc) is 3.19. The van der Waals surface area contributed by atoms with Crippen LogP contribution in [0.4, 0.5) is 0 Å². The summed E-state index contributed by atoms with van der Waals surface area (Å²) in [6, 6.07) is 15.8. The molecule has 1 aliphatic heterocycles. The van der Waals surface area contributed by atoms with Gasteiger partial charge in [-0.2, -0.15) is 4.57 Å². The van der Waals surface area contributed by atoms with Crippen LogP contribution in [0.2, 0.25) is 0 Å². The number of hydrogen-bond donors (Lipinski definition) is 0. The van der Waals surface area contributed by atoms with Crippen LogP contribution in [0.5, 0.6) is 0 Å². The van der Waals surface area contributed by atoms with Crippen LogP contribution in [0, 0.1) is 6.92 Å². The van der Waals surface area contributed by atoms with Gasteiger partial charge in [0.25, 0.3) is 0 Å². The number of hydrogen-bond acceptors (Lipinski definition) is 0. The first kappa shape index (κ1) is 12.1. The van der Waals surface area contributed by atoms with Crippen molar-refractivity contribution in [2.75, 3.05) is 0 Å². The summed E-state index contributed by atoms with van der Waals surface area (Å²) >= 11 is 0. The molecule has 2 aliphatic rings. The van der Waals surface area contributed by atoms with Crippen molar-refractivity contribution in [1.29, 1.82) is 0 Å². The third-order valence-electron chi connectivity index (χ3n) is 5.88. The fourth-order valence-electron chi connectivity index (χ4n) is 4.88. The van der Waals surface area contributed by atoms with E-state index in [1.165, 1.54) is 36.2 Å². The van der Waals surface area contributed by atoms with E-state index in [1.807, 2.05) is 0 Å². The molecule has 102 valence electrons. The molecule has 1 aromatic carbocycles. The van der Waals surface area contributed by atoms with Crippen molar-refractivity contribution in [2.24, 2.45) is 0 Å². The molecule has 1 aliphatic carbocycles. The summed E-state index contributed by atoms with van der Waals surface area (Å²) in [5.74, 6) is 0. The number of pyridine rings is 1. The Labute approximate surface area is 121 Å². The van der Waals surface area contributed by atoms with Gasteiger partial charge in [-0.1, -0.05) is 32.0 Å². The fraction of sp³-hybridized carbons (Fsp3) is 0.421. The van der Waals surface area contributed by atoms with Crippen LogP contribution in [0.1, 0.15) is 44.4 Å². The van der Waals surface area contributed by atoms with Crippen molar-refractivity contribution in [2.45, 2.75) is 51.0 Å². The minimum Gasteiger partial charge on any atom is -0.190 e. The van der Waals surface area contributed by atoms with Gasteiger partial charge in [0.15, 0.2) is 11.2 Å². The Morgan fingerprint density at radius 2 is 1.80 bits per heavy atom. The van der Waals surface area contributed by atoms with Crippen molar-refractivity contribution in [1.82, 2.24) is 0 Å². The molecule has 2 aromatic rings. The topological polar surface area (TPSA) is 3.88 Å². The van der Waals surface area contributed by atoms with Crippen LogP contribution >= 0.6 is 0 Å². The Morgan fingerprint density at radius 1 is 1.00 bits per heavy atom. The van der Waals surface area contributed by atoms with Crippen molar-refractivity contribution in [3.05, 3.63) is 53.7 Å². The van der Waals surface area contributed by atoms with E-state index < -0.39 is 0 Å². The molecule has 0 saturated heterocycles. The van der Waals surface area contributed by atoms with Crippen molar-refractivity contribution in [3.63, 3.8) is 0 Å². The van der Waals surface area contributed by atoms with E-state index in [1.54, 1.807) is 5.56 Å². The molecule has 0 bridgehead atoms. The van der Waals surface area contributed by atoms with E-state index in [4.69, 9.17) is 0 Å². The van der Waals surface area contributed by atoms with Crippen molar-refractivity contribution >= 4 is 0 Å². The first-order valence-corrected chi connectivity index (χ1v) is 7.82. The molecule has 1 fully saturated rings. The first-order chi connectivity index (χ1) is 9.70. The molecule has 0 radical (unpaired) electrons. The second-order valence-electron chi connectivity index (χ2n) is 6.43. The maximum atomic E-state index is 2.64. The second-order valence-corrected chi connectivity index (χ2v) is 6.43. The third-order valence-corrected chi connectivity index (χ3v) is 5.88. The average molecular weight is 264 g/mol. The lowest BCUT2D eigenvalue weighted by Crippen LogP contribution is -2.56. The zero-order chi connectivity index (χ0) is 14.0. The maximum Gasteiger partial charge on any atom is 0.213 e. The second kappa shape index (κ2) is 3.72. The van der Waals surface area contributed by atoms with Gasteiger partial charge in [-0.05, 0) is 24.1 Å². The highest BCUT2D eigenvalue weighted by Crippen LogP contribution is 2.67. The van der Waals surface area contributed by atoms with Crippen LogP contribution in [0.25, 0.3) is 11.3 Å². The predicted octanol–water partition coefficient (Wildman–Crippen LogP) is 4.12. The molecule has 20 heavy (non-hydrogen) atoms. The maximum absolute atomic E-state index is 2.64. The number of fused-ring (bicyclic) bond motifs is 6. The van der Waals surface area contributed by atoms with Gasteiger partial charge < -0.3 is 0 Å². The zero-order valence-electron chi connectivity index (χ0n) is 12.6. The van der Waals surface area contributed by atoms with Gasteiger partial charge in [-0.3, -0.25) is 0 Å². The first-order valence-electron chi connectivity index (χ1n) is 7.82. The summed E-state index contributed by atoms with van der Waals surface area (Å²) in [5.41, 5.74) is 6.51. The van der Waals surface area contributed by atoms with Crippen molar-refractivity contribution < 1.29 is 4.57 Å². The lowest BCUT2D eigenvalue weighted by Gasteiger charge is -2.29.